The monoisotopic (exact) mass is 404 g/mol. The predicted octanol–water partition coefficient (Wildman–Crippen LogP) is 3.79. The molecule has 3 aromatic heterocycles. The fourth-order valence-corrected chi connectivity index (χ4v) is 2.70. The number of rotatable bonds is 4. The summed E-state index contributed by atoms with van der Waals surface area (Å²) in [5.41, 5.74) is 1.49. The van der Waals surface area contributed by atoms with Gasteiger partial charge < -0.3 is 4.74 Å². The van der Waals surface area contributed by atoms with Gasteiger partial charge in [0.15, 0.2) is 18.1 Å². The van der Waals surface area contributed by atoms with E-state index in [-0.39, 0.29) is 0 Å². The maximum Gasteiger partial charge on any atom is 0.422 e. The standard InChI is InChI=1S/C15H14F4N4OP2/c1-14(25,26)13-22-5-11-20-4-9(6-23(11)13)8-2-10(16)12(21-3-8)24-7-15(17,18)19/h2-6H,7,25-26H2,1H3. The summed E-state index contributed by atoms with van der Waals surface area (Å²) in [5, 5.41) is 0. The molecule has 0 N–H and O–H groups in total. The Morgan fingerprint density at radius 3 is 2.38 bits per heavy atom. The number of nitrogens with zero attached hydrogens (tertiary/aromatic N) is 4. The van der Waals surface area contributed by atoms with Crippen LogP contribution in [0, 0.1) is 5.82 Å². The van der Waals surface area contributed by atoms with Crippen molar-refractivity contribution in [1.29, 1.82) is 0 Å². The van der Waals surface area contributed by atoms with Crippen molar-refractivity contribution < 1.29 is 22.3 Å². The van der Waals surface area contributed by atoms with Gasteiger partial charge in [0.2, 0.25) is 0 Å². The smallest absolute Gasteiger partial charge is 0.422 e. The second-order valence-electron chi connectivity index (χ2n) is 5.85. The van der Waals surface area contributed by atoms with Crippen LogP contribution < -0.4 is 4.74 Å². The molecule has 3 heterocycles. The molecule has 5 nitrogen and oxygen atoms in total. The SMILES string of the molecule is CC(P)(P)c1ncc2ncc(-c3cnc(OCC(F)(F)F)c(F)c3)cn12. The van der Waals surface area contributed by atoms with E-state index < -0.39 is 29.4 Å². The topological polar surface area (TPSA) is 52.3 Å². The Hall–Kier alpha value is -1.85. The van der Waals surface area contributed by atoms with Gasteiger partial charge in [0.05, 0.1) is 11.1 Å². The summed E-state index contributed by atoms with van der Waals surface area (Å²) in [6.07, 6.45) is 1.50. The predicted molar refractivity (Wildman–Crippen MR) is 94.5 cm³/mol. The van der Waals surface area contributed by atoms with Crippen molar-refractivity contribution in [3.63, 3.8) is 0 Å². The number of halogens is 4. The fraction of sp³-hybridized carbons (Fsp3) is 0.267. The molecule has 0 aliphatic heterocycles. The lowest BCUT2D eigenvalue weighted by Crippen LogP contribution is -2.20. The van der Waals surface area contributed by atoms with E-state index >= 15 is 0 Å². The van der Waals surface area contributed by atoms with Crippen molar-refractivity contribution in [2.45, 2.75) is 18.0 Å². The highest BCUT2D eigenvalue weighted by Gasteiger charge is 2.29. The second-order valence-corrected chi connectivity index (χ2v) is 8.92. The molecule has 0 spiro atoms. The summed E-state index contributed by atoms with van der Waals surface area (Å²) in [6.45, 7) is 0.320. The molecule has 0 saturated heterocycles. The Bertz CT molecular complexity index is 953. The van der Waals surface area contributed by atoms with E-state index in [4.69, 9.17) is 0 Å². The first-order chi connectivity index (χ1) is 12.0. The molecule has 0 radical (unpaired) electrons. The zero-order valence-electron chi connectivity index (χ0n) is 13.5. The third-order valence-electron chi connectivity index (χ3n) is 3.38. The summed E-state index contributed by atoms with van der Waals surface area (Å²) in [5.74, 6) is -0.985. The normalized spacial score (nSPS) is 12.6. The number of hydrogen-bond acceptors (Lipinski definition) is 4. The van der Waals surface area contributed by atoms with E-state index in [1.54, 1.807) is 16.8 Å². The van der Waals surface area contributed by atoms with Crippen molar-refractivity contribution in [1.82, 2.24) is 19.4 Å². The Balaban J connectivity index is 1.95. The zero-order valence-corrected chi connectivity index (χ0v) is 15.8. The number of ether oxygens (including phenoxy) is 1. The highest BCUT2D eigenvalue weighted by atomic mass is 31.1. The summed E-state index contributed by atoms with van der Waals surface area (Å²) in [7, 11) is 5.29. The molecule has 0 aliphatic rings. The first-order valence-corrected chi connectivity index (χ1v) is 8.47. The summed E-state index contributed by atoms with van der Waals surface area (Å²) < 4.78 is 56.7. The maximum absolute atomic E-state index is 14.0. The van der Waals surface area contributed by atoms with Gasteiger partial charge in [0.25, 0.3) is 5.88 Å². The first kappa shape index (κ1) is 18.9. The van der Waals surface area contributed by atoms with Crippen LogP contribution >= 0.6 is 18.5 Å². The van der Waals surface area contributed by atoms with Crippen molar-refractivity contribution >= 4 is 24.1 Å². The van der Waals surface area contributed by atoms with Crippen LogP contribution in [0.2, 0.25) is 0 Å². The lowest BCUT2D eigenvalue weighted by atomic mass is 10.1. The molecular weight excluding hydrogens is 390 g/mol. The van der Waals surface area contributed by atoms with Crippen LogP contribution in [0.15, 0.2) is 30.9 Å². The molecular formula is C15H14F4N4OP2. The largest absolute Gasteiger partial charge is 0.466 e. The van der Waals surface area contributed by atoms with Crippen LogP contribution in [0.4, 0.5) is 17.6 Å². The number of aromatic nitrogens is 4. The summed E-state index contributed by atoms with van der Waals surface area (Å²) >= 11 is 0. The molecule has 138 valence electrons. The quantitative estimate of drug-likeness (QED) is 0.491. The molecule has 3 aromatic rings. The van der Waals surface area contributed by atoms with Crippen LogP contribution in [0.25, 0.3) is 16.8 Å². The number of alkyl halides is 3. The third kappa shape index (κ3) is 4.10. The highest BCUT2D eigenvalue weighted by molar-refractivity contribution is 7.38. The second kappa shape index (κ2) is 6.71. The van der Waals surface area contributed by atoms with Gasteiger partial charge in [-0.1, -0.05) is 0 Å². The van der Waals surface area contributed by atoms with Crippen molar-refractivity contribution in [3.05, 3.63) is 42.5 Å². The summed E-state index contributed by atoms with van der Waals surface area (Å²) in [6, 6.07) is 1.05. The van der Waals surface area contributed by atoms with E-state index in [1.165, 1.54) is 12.4 Å². The van der Waals surface area contributed by atoms with Gasteiger partial charge in [0.1, 0.15) is 5.82 Å². The van der Waals surface area contributed by atoms with Crippen LogP contribution in [0.1, 0.15) is 12.7 Å². The first-order valence-electron chi connectivity index (χ1n) is 7.31. The average Bonchev–Trinajstić information content (AvgIpc) is 2.96. The maximum atomic E-state index is 14.0. The minimum absolute atomic E-state index is 0.352. The average molecular weight is 404 g/mol. The fourth-order valence-electron chi connectivity index (χ4n) is 2.27. The molecule has 0 aromatic carbocycles. The van der Waals surface area contributed by atoms with Gasteiger partial charge in [-0.05, 0) is 13.0 Å². The van der Waals surface area contributed by atoms with Gasteiger partial charge in [-0.15, -0.1) is 18.5 Å². The van der Waals surface area contributed by atoms with E-state index in [0.717, 1.165) is 6.07 Å². The van der Waals surface area contributed by atoms with Gasteiger partial charge in [0, 0.05) is 29.7 Å². The highest BCUT2D eigenvalue weighted by Crippen LogP contribution is 2.37. The number of imidazole rings is 1. The lowest BCUT2D eigenvalue weighted by molar-refractivity contribution is -0.154. The number of hydrogen-bond donors (Lipinski definition) is 0. The molecule has 26 heavy (non-hydrogen) atoms. The van der Waals surface area contributed by atoms with E-state index in [9.17, 15) is 17.6 Å². The van der Waals surface area contributed by atoms with Gasteiger partial charge in [-0.2, -0.15) is 13.2 Å². The van der Waals surface area contributed by atoms with Gasteiger partial charge in [-0.25, -0.2) is 19.3 Å². The molecule has 2 unspecified atom stereocenters. The molecule has 0 aliphatic carbocycles. The Morgan fingerprint density at radius 2 is 1.77 bits per heavy atom. The van der Waals surface area contributed by atoms with E-state index in [1.807, 2.05) is 6.92 Å². The lowest BCUT2D eigenvalue weighted by Gasteiger charge is -2.16. The molecule has 0 fully saturated rings. The summed E-state index contributed by atoms with van der Waals surface area (Å²) in [4.78, 5) is 11.8. The van der Waals surface area contributed by atoms with Crippen molar-refractivity contribution in [2.24, 2.45) is 0 Å². The van der Waals surface area contributed by atoms with E-state index in [0.29, 0.717) is 22.6 Å². The van der Waals surface area contributed by atoms with Crippen molar-refractivity contribution in [3.8, 4) is 17.0 Å². The van der Waals surface area contributed by atoms with Crippen LogP contribution in [0.3, 0.4) is 0 Å². The van der Waals surface area contributed by atoms with Crippen molar-refractivity contribution in [2.75, 3.05) is 6.61 Å². The van der Waals surface area contributed by atoms with Gasteiger partial charge >= 0.3 is 6.18 Å². The minimum Gasteiger partial charge on any atom is -0.466 e. The Labute approximate surface area is 150 Å². The Kier molecular flexibility index (Phi) is 4.88. The number of fused-ring (bicyclic) bond motifs is 1. The molecule has 11 heteroatoms. The zero-order chi connectivity index (χ0) is 19.1. The van der Waals surface area contributed by atoms with E-state index in [2.05, 4.69) is 38.2 Å². The third-order valence-corrected chi connectivity index (χ3v) is 3.89. The van der Waals surface area contributed by atoms with Crippen LogP contribution in [-0.2, 0) is 4.90 Å². The number of pyridine rings is 1. The van der Waals surface area contributed by atoms with Crippen LogP contribution in [0.5, 0.6) is 5.88 Å². The molecule has 2 atom stereocenters. The van der Waals surface area contributed by atoms with Crippen LogP contribution in [-0.4, -0.2) is 32.1 Å². The Morgan fingerprint density at radius 1 is 1.08 bits per heavy atom. The van der Waals surface area contributed by atoms with Gasteiger partial charge in [-0.3, -0.25) is 4.40 Å². The minimum atomic E-state index is -4.57. The molecule has 0 amide bonds. The molecule has 0 saturated carbocycles. The molecule has 3 rings (SSSR count). The molecule has 0 bridgehead atoms.